The quantitative estimate of drug-likeness (QED) is 0.840. The van der Waals surface area contributed by atoms with Crippen LogP contribution in [0.25, 0.3) is 0 Å². The average molecular weight is 249 g/mol. The number of carbonyl (C=O) groups excluding carboxylic acids is 1. The van der Waals surface area contributed by atoms with Crippen molar-refractivity contribution in [3.8, 4) is 0 Å². The van der Waals surface area contributed by atoms with E-state index in [0.29, 0.717) is 5.75 Å². The zero-order valence-corrected chi connectivity index (χ0v) is 11.1. The summed E-state index contributed by atoms with van der Waals surface area (Å²) in [7, 11) is 0. The van der Waals surface area contributed by atoms with E-state index in [2.05, 4.69) is 36.5 Å². The van der Waals surface area contributed by atoms with Crippen LogP contribution in [0.15, 0.2) is 24.3 Å². The van der Waals surface area contributed by atoms with E-state index in [1.807, 2.05) is 0 Å². The average Bonchev–Trinajstić information content (AvgIpc) is 3.13. The lowest BCUT2D eigenvalue weighted by Crippen LogP contribution is -2.27. The summed E-state index contributed by atoms with van der Waals surface area (Å²) in [5.41, 5.74) is 2.57. The van der Waals surface area contributed by atoms with Gasteiger partial charge in [0, 0.05) is 12.3 Å². The predicted octanol–water partition coefficient (Wildman–Crippen LogP) is 2.75. The first-order valence-corrected chi connectivity index (χ1v) is 7.29. The molecule has 0 unspecified atom stereocenters. The highest BCUT2D eigenvalue weighted by Crippen LogP contribution is 2.27. The molecule has 1 aromatic rings. The van der Waals surface area contributed by atoms with Gasteiger partial charge in [-0.15, -0.1) is 11.8 Å². The summed E-state index contributed by atoms with van der Waals surface area (Å²) in [5.74, 6) is 2.42. The van der Waals surface area contributed by atoms with Crippen molar-refractivity contribution in [3.63, 3.8) is 0 Å². The molecule has 0 radical (unpaired) electrons. The van der Waals surface area contributed by atoms with Gasteiger partial charge in [-0.1, -0.05) is 29.8 Å². The zero-order valence-electron chi connectivity index (χ0n) is 10.2. The molecule has 1 amide bonds. The smallest absolute Gasteiger partial charge is 0.230 e. The number of hydrogen-bond donors (Lipinski definition) is 1. The van der Waals surface area contributed by atoms with Gasteiger partial charge in [-0.25, -0.2) is 0 Å². The number of thioether (sulfide) groups is 1. The maximum Gasteiger partial charge on any atom is 0.230 e. The van der Waals surface area contributed by atoms with Gasteiger partial charge in [0.15, 0.2) is 0 Å². The summed E-state index contributed by atoms with van der Waals surface area (Å²) >= 11 is 1.68. The maximum absolute atomic E-state index is 11.5. The summed E-state index contributed by atoms with van der Waals surface area (Å²) in [6.07, 6.45) is 2.58. The van der Waals surface area contributed by atoms with Crippen LogP contribution in [0.4, 0.5) is 0 Å². The van der Waals surface area contributed by atoms with E-state index in [1.54, 1.807) is 11.8 Å². The Kier molecular flexibility index (Phi) is 4.49. The van der Waals surface area contributed by atoms with Crippen molar-refractivity contribution in [2.24, 2.45) is 5.92 Å². The largest absolute Gasteiger partial charge is 0.355 e. The summed E-state index contributed by atoms with van der Waals surface area (Å²) in [5, 5.41) is 2.98. The minimum atomic E-state index is 0.175. The first-order valence-electron chi connectivity index (χ1n) is 6.14. The molecule has 1 N–H and O–H groups in total. The Bertz CT molecular complexity index is 370. The van der Waals surface area contributed by atoms with Gasteiger partial charge in [0.25, 0.3) is 0 Å². The Morgan fingerprint density at radius 3 is 2.71 bits per heavy atom. The highest BCUT2D eigenvalue weighted by Gasteiger charge is 2.21. The summed E-state index contributed by atoms with van der Waals surface area (Å²) in [6, 6.07) is 8.49. The fourth-order valence-electron chi connectivity index (χ4n) is 1.58. The second-order valence-corrected chi connectivity index (χ2v) is 5.71. The lowest BCUT2D eigenvalue weighted by molar-refractivity contribution is -0.118. The van der Waals surface area contributed by atoms with Gasteiger partial charge >= 0.3 is 0 Å². The van der Waals surface area contributed by atoms with Crippen LogP contribution in [0, 0.1) is 12.8 Å². The molecule has 0 saturated heterocycles. The first kappa shape index (κ1) is 12.5. The van der Waals surface area contributed by atoms with Crippen LogP contribution in [0.2, 0.25) is 0 Å². The van der Waals surface area contributed by atoms with Gasteiger partial charge in [-0.05, 0) is 31.2 Å². The highest BCUT2D eigenvalue weighted by molar-refractivity contribution is 7.99. The fourth-order valence-corrected chi connectivity index (χ4v) is 2.39. The van der Waals surface area contributed by atoms with Gasteiger partial charge in [-0.2, -0.15) is 0 Å². The number of carbonyl (C=O) groups is 1. The van der Waals surface area contributed by atoms with Crippen LogP contribution in [0.5, 0.6) is 0 Å². The molecule has 92 valence electrons. The molecule has 2 nitrogen and oxygen atoms in total. The second-order valence-electron chi connectivity index (χ2n) is 4.73. The number of benzene rings is 1. The SMILES string of the molecule is Cc1ccc(CSCC(=O)NCC2CC2)cc1. The van der Waals surface area contributed by atoms with E-state index in [0.717, 1.165) is 18.2 Å². The van der Waals surface area contributed by atoms with Crippen LogP contribution in [0.1, 0.15) is 24.0 Å². The molecule has 0 spiro atoms. The van der Waals surface area contributed by atoms with E-state index >= 15 is 0 Å². The third kappa shape index (κ3) is 4.82. The van der Waals surface area contributed by atoms with E-state index in [1.165, 1.54) is 24.0 Å². The molecule has 1 aliphatic carbocycles. The number of amides is 1. The Labute approximate surface area is 107 Å². The van der Waals surface area contributed by atoms with Crippen LogP contribution in [-0.2, 0) is 10.5 Å². The molecule has 2 rings (SSSR count). The van der Waals surface area contributed by atoms with Crippen molar-refractivity contribution < 1.29 is 4.79 Å². The van der Waals surface area contributed by atoms with Gasteiger partial charge in [-0.3, -0.25) is 4.79 Å². The third-order valence-electron chi connectivity index (χ3n) is 2.91. The molecule has 0 aromatic heterocycles. The Morgan fingerprint density at radius 1 is 1.35 bits per heavy atom. The van der Waals surface area contributed by atoms with E-state index in [-0.39, 0.29) is 5.91 Å². The molecule has 1 aromatic carbocycles. The molecule has 1 fully saturated rings. The number of rotatable bonds is 6. The predicted molar refractivity (Wildman–Crippen MR) is 73.1 cm³/mol. The number of aryl methyl sites for hydroxylation is 1. The third-order valence-corrected chi connectivity index (χ3v) is 3.91. The summed E-state index contributed by atoms with van der Waals surface area (Å²) < 4.78 is 0. The van der Waals surface area contributed by atoms with Crippen LogP contribution in [0.3, 0.4) is 0 Å². The molecule has 1 saturated carbocycles. The van der Waals surface area contributed by atoms with Crippen molar-refractivity contribution >= 4 is 17.7 Å². The monoisotopic (exact) mass is 249 g/mol. The zero-order chi connectivity index (χ0) is 12.1. The van der Waals surface area contributed by atoms with Crippen LogP contribution in [-0.4, -0.2) is 18.2 Å². The van der Waals surface area contributed by atoms with Crippen LogP contribution < -0.4 is 5.32 Å². The topological polar surface area (TPSA) is 29.1 Å². The summed E-state index contributed by atoms with van der Waals surface area (Å²) in [4.78, 5) is 11.5. The molecule has 0 atom stereocenters. The van der Waals surface area contributed by atoms with Gasteiger partial charge < -0.3 is 5.32 Å². The molecule has 1 aliphatic rings. The molecule has 0 aliphatic heterocycles. The molecular formula is C14H19NOS. The first-order chi connectivity index (χ1) is 8.24. The number of hydrogen-bond acceptors (Lipinski definition) is 2. The Balaban J connectivity index is 1.61. The van der Waals surface area contributed by atoms with E-state index in [9.17, 15) is 4.79 Å². The Morgan fingerprint density at radius 2 is 2.06 bits per heavy atom. The fraction of sp³-hybridized carbons (Fsp3) is 0.500. The Hall–Kier alpha value is -0.960. The van der Waals surface area contributed by atoms with Crippen molar-refractivity contribution in [2.45, 2.75) is 25.5 Å². The highest BCUT2D eigenvalue weighted by atomic mass is 32.2. The van der Waals surface area contributed by atoms with Crippen molar-refractivity contribution in [1.29, 1.82) is 0 Å². The van der Waals surface area contributed by atoms with E-state index < -0.39 is 0 Å². The van der Waals surface area contributed by atoms with Gasteiger partial charge in [0.2, 0.25) is 5.91 Å². The normalized spacial score (nSPS) is 14.6. The van der Waals surface area contributed by atoms with Crippen molar-refractivity contribution in [3.05, 3.63) is 35.4 Å². The van der Waals surface area contributed by atoms with Gasteiger partial charge in [0.1, 0.15) is 0 Å². The maximum atomic E-state index is 11.5. The summed E-state index contributed by atoms with van der Waals surface area (Å²) in [6.45, 7) is 2.96. The second kappa shape index (κ2) is 6.10. The van der Waals surface area contributed by atoms with Crippen molar-refractivity contribution in [1.82, 2.24) is 5.32 Å². The molecule has 17 heavy (non-hydrogen) atoms. The van der Waals surface area contributed by atoms with Crippen molar-refractivity contribution in [2.75, 3.05) is 12.3 Å². The van der Waals surface area contributed by atoms with Crippen LogP contribution >= 0.6 is 11.8 Å². The lowest BCUT2D eigenvalue weighted by Gasteiger charge is -2.04. The lowest BCUT2D eigenvalue weighted by atomic mass is 10.2. The molecule has 0 heterocycles. The van der Waals surface area contributed by atoms with Gasteiger partial charge in [0.05, 0.1) is 5.75 Å². The number of nitrogens with one attached hydrogen (secondary N) is 1. The molecule has 0 bridgehead atoms. The van der Waals surface area contributed by atoms with E-state index in [4.69, 9.17) is 0 Å². The minimum absolute atomic E-state index is 0.175. The molecule has 3 heteroatoms. The minimum Gasteiger partial charge on any atom is -0.355 e. The standard InChI is InChI=1S/C14H19NOS/c1-11-2-4-13(5-3-11)9-17-10-14(16)15-8-12-6-7-12/h2-5,12H,6-10H2,1H3,(H,15,16). The molecular weight excluding hydrogens is 230 g/mol.